The molecule has 0 spiro atoms. The number of nitrogens with zero attached hydrogens (tertiary/aromatic N) is 3. The Morgan fingerprint density at radius 1 is 1.19 bits per heavy atom. The molecule has 0 saturated heterocycles. The monoisotopic (exact) mass is 415 g/mol. The Morgan fingerprint density at radius 3 is 2.84 bits per heavy atom. The third kappa shape index (κ3) is 3.68. The highest BCUT2D eigenvalue weighted by atomic mass is 16.5. The van der Waals surface area contributed by atoms with Gasteiger partial charge >= 0.3 is 0 Å². The van der Waals surface area contributed by atoms with Crippen LogP contribution < -0.4 is 15.4 Å². The fraction of sp³-hybridized carbons (Fsp3) is 0.250. The molecule has 5 rings (SSSR count). The number of aliphatic hydroxyl groups is 1. The number of aliphatic hydroxyl groups excluding tert-OH is 1. The molecular weight excluding hydrogens is 390 g/mol. The summed E-state index contributed by atoms with van der Waals surface area (Å²) in [5, 5.41) is 16.4. The molecule has 31 heavy (non-hydrogen) atoms. The van der Waals surface area contributed by atoms with Crippen molar-refractivity contribution in [3.63, 3.8) is 0 Å². The lowest BCUT2D eigenvalue weighted by molar-refractivity contribution is 0.218. The summed E-state index contributed by atoms with van der Waals surface area (Å²) in [6.45, 7) is 5.60. The number of imidazole rings is 1. The molecule has 158 valence electrons. The Hall–Kier alpha value is -3.58. The lowest BCUT2D eigenvalue weighted by Gasteiger charge is -2.22. The third-order valence-corrected chi connectivity index (χ3v) is 5.65. The minimum Gasteiger partial charge on any atom is -0.490 e. The summed E-state index contributed by atoms with van der Waals surface area (Å²) in [7, 11) is 0. The van der Waals surface area contributed by atoms with Crippen molar-refractivity contribution in [1.29, 1.82) is 0 Å². The predicted octanol–water partition coefficient (Wildman–Crippen LogP) is 4.21. The van der Waals surface area contributed by atoms with Gasteiger partial charge in [-0.05, 0) is 35.9 Å². The Morgan fingerprint density at radius 2 is 2.03 bits per heavy atom. The van der Waals surface area contributed by atoms with Gasteiger partial charge in [-0.1, -0.05) is 26.0 Å². The van der Waals surface area contributed by atoms with E-state index in [-0.39, 0.29) is 12.0 Å². The zero-order valence-corrected chi connectivity index (χ0v) is 17.6. The van der Waals surface area contributed by atoms with E-state index in [1.165, 1.54) is 0 Å². The second kappa shape index (κ2) is 7.59. The molecule has 7 heteroatoms. The van der Waals surface area contributed by atoms with E-state index in [1.807, 2.05) is 67.0 Å². The van der Waals surface area contributed by atoms with E-state index in [0.29, 0.717) is 12.4 Å². The molecule has 1 aliphatic rings. The molecule has 3 N–H and O–H groups in total. The molecule has 0 atom stereocenters. The van der Waals surface area contributed by atoms with Gasteiger partial charge in [-0.25, -0.2) is 9.97 Å². The van der Waals surface area contributed by atoms with Crippen molar-refractivity contribution in [3.05, 3.63) is 66.6 Å². The van der Waals surface area contributed by atoms with Crippen LogP contribution in [-0.2, 0) is 5.41 Å². The van der Waals surface area contributed by atoms with Crippen LogP contribution in [0.4, 0.5) is 17.2 Å². The van der Waals surface area contributed by atoms with E-state index >= 15 is 0 Å². The molecule has 7 nitrogen and oxygen atoms in total. The number of rotatable bonds is 5. The largest absolute Gasteiger partial charge is 0.490 e. The van der Waals surface area contributed by atoms with Gasteiger partial charge in [0, 0.05) is 41.8 Å². The van der Waals surface area contributed by atoms with E-state index in [9.17, 15) is 5.11 Å². The first-order valence-electron chi connectivity index (χ1n) is 10.4. The van der Waals surface area contributed by atoms with Crippen molar-refractivity contribution in [1.82, 2.24) is 14.4 Å². The van der Waals surface area contributed by atoms with Crippen molar-refractivity contribution >= 4 is 22.8 Å². The normalized spacial score (nSPS) is 13.4. The highest BCUT2D eigenvalue weighted by molar-refractivity contribution is 5.76. The van der Waals surface area contributed by atoms with Crippen molar-refractivity contribution in [2.24, 2.45) is 0 Å². The molecule has 0 bridgehead atoms. The molecule has 2 aromatic carbocycles. The van der Waals surface area contributed by atoms with Crippen molar-refractivity contribution in [2.45, 2.75) is 19.3 Å². The second-order valence-corrected chi connectivity index (χ2v) is 8.36. The molecule has 0 amide bonds. The molecule has 0 fully saturated rings. The van der Waals surface area contributed by atoms with Crippen LogP contribution in [0.15, 0.2) is 61.1 Å². The minimum atomic E-state index is -0.281. The predicted molar refractivity (Wildman–Crippen MR) is 122 cm³/mol. The minimum absolute atomic E-state index is 0.0960. The molecule has 0 saturated carbocycles. The number of ether oxygens (including phenoxy) is 1. The van der Waals surface area contributed by atoms with E-state index < -0.39 is 0 Å². The number of hydrogen-bond acceptors (Lipinski definition) is 6. The first-order chi connectivity index (χ1) is 15.0. The Balaban J connectivity index is 1.50. The highest BCUT2D eigenvalue weighted by Crippen LogP contribution is 2.33. The van der Waals surface area contributed by atoms with Gasteiger partial charge in [0.2, 0.25) is 0 Å². The second-order valence-electron chi connectivity index (χ2n) is 8.36. The average molecular weight is 415 g/mol. The number of nitrogens with one attached hydrogen (secondary N) is 2. The number of aromatic nitrogens is 3. The average Bonchev–Trinajstić information content (AvgIpc) is 3.28. The molecule has 3 heterocycles. The SMILES string of the molecule is CC(C)(CO)c1ccc(Nc2nc(-c3ccc4c(c3)NCCO4)cn3ccnc23)cc1. The topological polar surface area (TPSA) is 83.7 Å². The van der Waals surface area contributed by atoms with Gasteiger partial charge in [0.05, 0.1) is 18.0 Å². The maximum absolute atomic E-state index is 9.61. The van der Waals surface area contributed by atoms with E-state index in [1.54, 1.807) is 6.20 Å². The number of benzene rings is 2. The molecule has 2 aromatic heterocycles. The summed E-state index contributed by atoms with van der Waals surface area (Å²) in [5.74, 6) is 1.54. The number of hydrogen-bond donors (Lipinski definition) is 3. The van der Waals surface area contributed by atoms with Gasteiger partial charge in [0.1, 0.15) is 12.4 Å². The molecule has 0 radical (unpaired) electrons. The fourth-order valence-electron chi connectivity index (χ4n) is 3.69. The summed E-state index contributed by atoms with van der Waals surface area (Å²) in [5.41, 5.74) is 5.27. The lowest BCUT2D eigenvalue weighted by atomic mass is 9.85. The summed E-state index contributed by atoms with van der Waals surface area (Å²) in [6.07, 6.45) is 5.66. The Kier molecular flexibility index (Phi) is 4.75. The van der Waals surface area contributed by atoms with Crippen molar-refractivity contribution < 1.29 is 9.84 Å². The maximum atomic E-state index is 9.61. The smallest absolute Gasteiger partial charge is 0.180 e. The Labute approximate surface area is 180 Å². The quantitative estimate of drug-likeness (QED) is 0.453. The van der Waals surface area contributed by atoms with Crippen LogP contribution in [0.3, 0.4) is 0 Å². The molecule has 4 aromatic rings. The Bertz CT molecular complexity index is 1230. The summed E-state index contributed by atoms with van der Waals surface area (Å²) in [6, 6.07) is 14.1. The number of anilines is 3. The summed E-state index contributed by atoms with van der Waals surface area (Å²) in [4.78, 5) is 9.33. The van der Waals surface area contributed by atoms with Crippen LogP contribution in [0.5, 0.6) is 5.75 Å². The van der Waals surface area contributed by atoms with Crippen LogP contribution in [-0.4, -0.2) is 39.2 Å². The van der Waals surface area contributed by atoms with E-state index in [0.717, 1.165) is 46.1 Å². The first kappa shape index (κ1) is 19.4. The lowest BCUT2D eigenvalue weighted by Crippen LogP contribution is -2.21. The van der Waals surface area contributed by atoms with Crippen LogP contribution >= 0.6 is 0 Å². The molecule has 1 aliphatic heterocycles. The maximum Gasteiger partial charge on any atom is 0.180 e. The van der Waals surface area contributed by atoms with Gasteiger partial charge in [0.25, 0.3) is 0 Å². The van der Waals surface area contributed by atoms with E-state index in [2.05, 4.69) is 21.7 Å². The van der Waals surface area contributed by atoms with Gasteiger partial charge in [-0.2, -0.15) is 0 Å². The van der Waals surface area contributed by atoms with Crippen LogP contribution in [0.2, 0.25) is 0 Å². The first-order valence-corrected chi connectivity index (χ1v) is 10.4. The van der Waals surface area contributed by atoms with Crippen LogP contribution in [0, 0.1) is 0 Å². The van der Waals surface area contributed by atoms with Crippen LogP contribution in [0.25, 0.3) is 16.9 Å². The molecular formula is C24H25N5O2. The van der Waals surface area contributed by atoms with Crippen molar-refractivity contribution in [2.75, 3.05) is 30.4 Å². The third-order valence-electron chi connectivity index (χ3n) is 5.65. The zero-order chi connectivity index (χ0) is 21.4. The molecule has 0 aliphatic carbocycles. The summed E-state index contributed by atoms with van der Waals surface area (Å²) < 4.78 is 7.66. The van der Waals surface area contributed by atoms with Gasteiger partial charge in [-0.3, -0.25) is 0 Å². The molecule has 0 unspecified atom stereocenters. The zero-order valence-electron chi connectivity index (χ0n) is 17.6. The van der Waals surface area contributed by atoms with Gasteiger partial charge < -0.3 is 24.9 Å². The fourth-order valence-corrected chi connectivity index (χ4v) is 3.69. The van der Waals surface area contributed by atoms with Crippen molar-refractivity contribution in [3.8, 4) is 17.0 Å². The van der Waals surface area contributed by atoms with E-state index in [4.69, 9.17) is 9.72 Å². The summed E-state index contributed by atoms with van der Waals surface area (Å²) >= 11 is 0. The van der Waals surface area contributed by atoms with Gasteiger partial charge in [-0.15, -0.1) is 0 Å². The standard InChI is InChI=1S/C24H25N5O2/c1-24(2,15-30)17-4-6-18(7-5-17)27-22-23-26-9-11-29(23)14-20(28-22)16-3-8-21-19(13-16)25-10-12-31-21/h3-9,11,13-14,25,30H,10,12,15H2,1-2H3,(H,27,28). The highest BCUT2D eigenvalue weighted by Gasteiger charge is 2.19. The number of fused-ring (bicyclic) bond motifs is 2. The van der Waals surface area contributed by atoms with Crippen LogP contribution in [0.1, 0.15) is 19.4 Å². The van der Waals surface area contributed by atoms with Gasteiger partial charge in [0.15, 0.2) is 11.5 Å².